The summed E-state index contributed by atoms with van der Waals surface area (Å²) in [6.45, 7) is 2.25. The molecule has 0 aromatic carbocycles. The van der Waals surface area contributed by atoms with Gasteiger partial charge in [0.1, 0.15) is 25.4 Å². The summed E-state index contributed by atoms with van der Waals surface area (Å²) in [6.07, 6.45) is 78.8. The lowest BCUT2D eigenvalue weighted by molar-refractivity contribution is -0.161. The first-order valence-electron chi connectivity index (χ1n) is 33.8. The second-order valence-electron chi connectivity index (χ2n) is 21.9. The zero-order valence-corrected chi connectivity index (χ0v) is 57.5. The first kappa shape index (κ1) is 86.2. The van der Waals surface area contributed by atoms with Crippen molar-refractivity contribution in [3.05, 3.63) is 158 Å². The predicted molar refractivity (Wildman–Crippen MR) is 371 cm³/mol. The minimum atomic E-state index is -4.95. The number of hydrogen-bond acceptors (Lipinski definition) is 14. The molecule has 0 saturated heterocycles. The third kappa shape index (κ3) is 66.4. The molecule has 4 N–H and O–H groups in total. The third-order valence-corrected chi connectivity index (χ3v) is 15.1. The summed E-state index contributed by atoms with van der Waals surface area (Å²) in [5, 5.41) is 20.5. The largest absolute Gasteiger partial charge is 0.472 e. The Morgan fingerprint density at radius 1 is 0.319 bits per heavy atom. The molecule has 0 radical (unpaired) electrons. The Hall–Kier alpha value is -4.83. The van der Waals surface area contributed by atoms with Crippen molar-refractivity contribution in [3.8, 4) is 0 Å². The van der Waals surface area contributed by atoms with Crippen LogP contribution in [0.15, 0.2) is 158 Å². The van der Waals surface area contributed by atoms with Crippen LogP contribution in [-0.4, -0.2) is 95.9 Å². The molecule has 0 spiro atoms. The summed E-state index contributed by atoms with van der Waals surface area (Å²) in [4.78, 5) is 58.3. The van der Waals surface area contributed by atoms with Crippen LogP contribution in [-0.2, 0) is 55.8 Å². The molecular formula is C73H118O16P2. The van der Waals surface area contributed by atoms with Gasteiger partial charge in [-0.2, -0.15) is 0 Å². The van der Waals surface area contributed by atoms with Gasteiger partial charge in [-0.15, -0.1) is 0 Å². The van der Waals surface area contributed by atoms with Crippen LogP contribution in [0.1, 0.15) is 226 Å². The molecular weight excluding hydrogens is 1190 g/mol. The maximum absolute atomic E-state index is 12.9. The lowest BCUT2D eigenvalue weighted by Gasteiger charge is -2.21. The van der Waals surface area contributed by atoms with Gasteiger partial charge >= 0.3 is 33.6 Å². The van der Waals surface area contributed by atoms with Crippen molar-refractivity contribution in [2.75, 3.05) is 39.6 Å². The zero-order valence-electron chi connectivity index (χ0n) is 55.7. The number of rotatable bonds is 62. The number of phosphoric acid groups is 2. The highest BCUT2D eigenvalue weighted by molar-refractivity contribution is 7.47. The normalized spacial score (nSPS) is 15.2. The number of hydrogen-bond donors (Lipinski definition) is 4. The number of carbonyl (C=O) groups excluding carboxylic acids is 3. The van der Waals surface area contributed by atoms with E-state index in [-0.39, 0.29) is 19.3 Å². The monoisotopic (exact) mass is 1310 g/mol. The smallest absolute Gasteiger partial charge is 0.463 e. The average molecular weight is 1310 g/mol. The molecule has 5 unspecified atom stereocenters. The number of phosphoric ester groups is 2. The van der Waals surface area contributed by atoms with Gasteiger partial charge in [-0.05, 0) is 135 Å². The van der Waals surface area contributed by atoms with Crippen LogP contribution < -0.4 is 0 Å². The van der Waals surface area contributed by atoms with E-state index in [1.807, 2.05) is 18.2 Å². The molecule has 0 aliphatic rings. The Labute approximate surface area is 549 Å². The number of carbonyl (C=O) groups is 3. The second kappa shape index (κ2) is 65.2. The fourth-order valence-corrected chi connectivity index (χ4v) is 9.71. The molecule has 91 heavy (non-hydrogen) atoms. The number of ether oxygens (including phenoxy) is 3. The first-order valence-corrected chi connectivity index (χ1v) is 36.8. The standard InChI is InChI=1S/C73H118O16P2/c1-4-7-10-13-16-19-22-25-28-30-32-33-35-37-39-41-44-47-50-53-56-59-71(76)83-62-68(74)63-85-90(79,80)86-64-69(75)65-87-91(81,82)88-67-70(89-73(78)61-58-55-52-49-46-43-38-27-24-21-18-15-12-9-6-3)66-84-72(77)60-57-54-51-48-45-42-40-36-34-31-29-26-23-20-17-14-11-8-5-2/h7-8,10-11,16-21,25-29,32-34,36-39,42,45,51,54,68-70,74-75H,4-6,9,12-15,22-24,30-31,35,40-41,43-44,46-50,52-53,55-67H2,1-3H3,(H,79,80)(H,81,82)/b10-7-,11-8-,19-16-,20-17-,21-18-,28-25-,29-26-,33-32-,36-34-,38-27-,39-37-,45-42-,54-51-. The summed E-state index contributed by atoms with van der Waals surface area (Å²) in [7, 11) is -9.82. The number of unbranched alkanes of at least 4 members (excludes halogenated alkanes) is 13. The van der Waals surface area contributed by atoms with Gasteiger partial charge in [0.2, 0.25) is 0 Å². The predicted octanol–water partition coefficient (Wildman–Crippen LogP) is 18.7. The summed E-state index contributed by atoms with van der Waals surface area (Å²) in [5.74, 6) is -1.72. The van der Waals surface area contributed by atoms with Gasteiger partial charge < -0.3 is 34.2 Å². The summed E-state index contributed by atoms with van der Waals surface area (Å²) in [5.41, 5.74) is 0. The van der Waals surface area contributed by atoms with Crippen LogP contribution in [0.4, 0.5) is 0 Å². The molecule has 0 aliphatic heterocycles. The quantitative estimate of drug-likeness (QED) is 0.0146. The Balaban J connectivity index is 4.78. The molecule has 0 aromatic heterocycles. The van der Waals surface area contributed by atoms with Crippen molar-refractivity contribution in [3.63, 3.8) is 0 Å². The van der Waals surface area contributed by atoms with E-state index in [1.165, 1.54) is 19.3 Å². The summed E-state index contributed by atoms with van der Waals surface area (Å²) < 4.78 is 60.7. The van der Waals surface area contributed by atoms with Crippen LogP contribution in [0.25, 0.3) is 0 Å². The van der Waals surface area contributed by atoms with Crippen molar-refractivity contribution >= 4 is 33.6 Å². The molecule has 0 rings (SSSR count). The van der Waals surface area contributed by atoms with Gasteiger partial charge in [-0.25, -0.2) is 9.13 Å². The van der Waals surface area contributed by atoms with Gasteiger partial charge in [0, 0.05) is 19.3 Å². The summed E-state index contributed by atoms with van der Waals surface area (Å²) in [6, 6.07) is 0. The third-order valence-electron chi connectivity index (χ3n) is 13.2. The van der Waals surface area contributed by atoms with Crippen LogP contribution in [0, 0.1) is 0 Å². The first-order chi connectivity index (χ1) is 44.2. The van der Waals surface area contributed by atoms with Gasteiger partial charge in [0.15, 0.2) is 6.10 Å². The Morgan fingerprint density at radius 3 is 0.989 bits per heavy atom. The molecule has 0 saturated carbocycles. The minimum Gasteiger partial charge on any atom is -0.463 e. The highest BCUT2D eigenvalue weighted by atomic mass is 31.2. The highest BCUT2D eigenvalue weighted by Gasteiger charge is 2.29. The maximum Gasteiger partial charge on any atom is 0.472 e. The van der Waals surface area contributed by atoms with E-state index in [4.69, 9.17) is 32.3 Å². The molecule has 516 valence electrons. The van der Waals surface area contributed by atoms with E-state index < -0.39 is 91.5 Å². The number of aliphatic hydroxyl groups is 2. The number of esters is 3. The van der Waals surface area contributed by atoms with Gasteiger partial charge in [0.25, 0.3) is 0 Å². The van der Waals surface area contributed by atoms with E-state index in [0.717, 1.165) is 141 Å². The van der Waals surface area contributed by atoms with E-state index >= 15 is 0 Å². The molecule has 18 heteroatoms. The van der Waals surface area contributed by atoms with Crippen LogP contribution in [0.3, 0.4) is 0 Å². The van der Waals surface area contributed by atoms with E-state index in [9.17, 15) is 43.5 Å². The molecule has 0 amide bonds. The Morgan fingerprint density at radius 2 is 0.604 bits per heavy atom. The van der Waals surface area contributed by atoms with Crippen molar-refractivity contribution in [2.45, 2.75) is 245 Å². The molecule has 0 aromatic rings. The molecule has 5 atom stereocenters. The van der Waals surface area contributed by atoms with E-state index in [1.54, 1.807) is 0 Å². The topological polar surface area (TPSA) is 231 Å². The van der Waals surface area contributed by atoms with Crippen molar-refractivity contribution in [1.29, 1.82) is 0 Å². The van der Waals surface area contributed by atoms with Gasteiger partial charge in [0.05, 0.1) is 26.4 Å². The number of allylic oxidation sites excluding steroid dienone is 26. The minimum absolute atomic E-state index is 0.0360. The van der Waals surface area contributed by atoms with Gasteiger partial charge in [-0.3, -0.25) is 32.5 Å². The molecule has 16 nitrogen and oxygen atoms in total. The SMILES string of the molecule is CC/C=C\C/C=C\C/C=C\C/C=C\C/C=C\C/C=C\CCC(=O)OCC(COP(=O)(O)OCC(O)COP(=O)(O)OCC(O)COC(=O)CCCCCCC/C=C\C/C=C\C/C=C\C/C=C\C/C=C\CC)OC(=O)CCCCCCC/C=C\C/C=C\CCCCC. The van der Waals surface area contributed by atoms with Crippen LogP contribution >= 0.6 is 15.6 Å². The van der Waals surface area contributed by atoms with Gasteiger partial charge in [-0.1, -0.05) is 230 Å². The van der Waals surface area contributed by atoms with Crippen molar-refractivity contribution in [2.24, 2.45) is 0 Å². The van der Waals surface area contributed by atoms with Crippen molar-refractivity contribution in [1.82, 2.24) is 0 Å². The van der Waals surface area contributed by atoms with E-state index in [0.29, 0.717) is 25.7 Å². The Kier molecular flexibility index (Phi) is 61.8. The average Bonchev–Trinajstić information content (AvgIpc) is 3.08. The lowest BCUT2D eigenvalue weighted by Crippen LogP contribution is -2.30. The molecule has 0 aliphatic carbocycles. The fourth-order valence-electron chi connectivity index (χ4n) is 8.12. The highest BCUT2D eigenvalue weighted by Crippen LogP contribution is 2.45. The molecule has 0 heterocycles. The Bertz CT molecular complexity index is 2290. The fraction of sp³-hybridized carbons (Fsp3) is 0.603. The molecule has 0 bridgehead atoms. The summed E-state index contributed by atoms with van der Waals surface area (Å²) >= 11 is 0. The van der Waals surface area contributed by atoms with Crippen LogP contribution in [0.5, 0.6) is 0 Å². The second-order valence-corrected chi connectivity index (χ2v) is 24.8. The van der Waals surface area contributed by atoms with Crippen molar-refractivity contribution < 1.29 is 75.8 Å². The molecule has 0 fully saturated rings. The van der Waals surface area contributed by atoms with Crippen LogP contribution in [0.2, 0.25) is 0 Å². The number of aliphatic hydroxyl groups excluding tert-OH is 2. The van der Waals surface area contributed by atoms with E-state index in [2.05, 4.69) is 161 Å². The maximum atomic E-state index is 12.9. The zero-order chi connectivity index (χ0) is 66.7. The lowest BCUT2D eigenvalue weighted by atomic mass is 10.1.